The summed E-state index contributed by atoms with van der Waals surface area (Å²) in [4.78, 5) is 2.31. The number of aliphatic hydroxyl groups excluding tert-OH is 1. The molecule has 1 N–H and O–H groups in total. The summed E-state index contributed by atoms with van der Waals surface area (Å²) in [6.07, 6.45) is 0.830. The molecule has 1 saturated heterocycles. The molecule has 2 unspecified atom stereocenters. The maximum absolute atomic E-state index is 9.55. The minimum absolute atomic E-state index is 0.225. The number of likely N-dealkylation sites (tertiary alicyclic amines) is 1. The Hall–Kier alpha value is -0.480. The molecule has 1 aromatic rings. The molecule has 2 atom stereocenters. The molecule has 5 heteroatoms. The van der Waals surface area contributed by atoms with Crippen molar-refractivity contribution < 1.29 is 9.84 Å². The van der Waals surface area contributed by atoms with Gasteiger partial charge in [-0.3, -0.25) is 4.90 Å². The van der Waals surface area contributed by atoms with Gasteiger partial charge in [-0.2, -0.15) is 0 Å². The molecular formula is C14H19Cl2NO2. The molecule has 3 nitrogen and oxygen atoms in total. The quantitative estimate of drug-likeness (QED) is 0.907. The van der Waals surface area contributed by atoms with Gasteiger partial charge in [-0.1, -0.05) is 23.2 Å². The first-order valence-electron chi connectivity index (χ1n) is 6.54. The van der Waals surface area contributed by atoms with Gasteiger partial charge in [0.05, 0.1) is 11.1 Å². The van der Waals surface area contributed by atoms with E-state index in [1.807, 2.05) is 6.92 Å². The molecule has 1 aliphatic heterocycles. The smallest absolute Gasteiger partial charge is 0.138 e. The third-order valence-electron chi connectivity index (χ3n) is 3.55. The average molecular weight is 304 g/mol. The predicted molar refractivity (Wildman–Crippen MR) is 78.2 cm³/mol. The van der Waals surface area contributed by atoms with Crippen LogP contribution in [0.5, 0.6) is 5.75 Å². The summed E-state index contributed by atoms with van der Waals surface area (Å²) >= 11 is 11.9. The first-order valence-corrected chi connectivity index (χ1v) is 7.30. The molecule has 0 aliphatic carbocycles. The van der Waals surface area contributed by atoms with Crippen molar-refractivity contribution in [2.24, 2.45) is 5.92 Å². The maximum atomic E-state index is 9.55. The molecule has 1 fully saturated rings. The van der Waals surface area contributed by atoms with E-state index in [2.05, 4.69) is 4.90 Å². The lowest BCUT2D eigenvalue weighted by atomic mass is 10.0. The van der Waals surface area contributed by atoms with Crippen molar-refractivity contribution in [3.63, 3.8) is 0 Å². The van der Waals surface area contributed by atoms with Gasteiger partial charge in [-0.25, -0.2) is 0 Å². The highest BCUT2D eigenvalue weighted by Crippen LogP contribution is 2.27. The third kappa shape index (κ3) is 4.25. The van der Waals surface area contributed by atoms with E-state index in [1.165, 1.54) is 0 Å². The van der Waals surface area contributed by atoms with Gasteiger partial charge in [0.25, 0.3) is 0 Å². The first-order chi connectivity index (χ1) is 9.06. The van der Waals surface area contributed by atoms with Crippen LogP contribution in [0.1, 0.15) is 13.3 Å². The fourth-order valence-electron chi connectivity index (χ4n) is 2.34. The number of nitrogens with zero attached hydrogens (tertiary/aromatic N) is 1. The Morgan fingerprint density at radius 3 is 2.89 bits per heavy atom. The van der Waals surface area contributed by atoms with Gasteiger partial charge in [0, 0.05) is 18.1 Å². The second-order valence-corrected chi connectivity index (χ2v) is 5.86. The molecule has 1 heterocycles. The number of ether oxygens (including phenoxy) is 1. The van der Waals surface area contributed by atoms with Crippen molar-refractivity contribution in [2.75, 3.05) is 26.2 Å². The normalized spacial score (nSPS) is 21.6. The van der Waals surface area contributed by atoms with Crippen LogP contribution in [0.25, 0.3) is 0 Å². The molecule has 19 heavy (non-hydrogen) atoms. The molecule has 0 saturated carbocycles. The van der Waals surface area contributed by atoms with Crippen molar-refractivity contribution in [3.8, 4) is 5.75 Å². The molecule has 106 valence electrons. The molecule has 0 radical (unpaired) electrons. The van der Waals surface area contributed by atoms with Gasteiger partial charge in [-0.05, 0) is 44.0 Å². The van der Waals surface area contributed by atoms with E-state index >= 15 is 0 Å². The van der Waals surface area contributed by atoms with E-state index in [-0.39, 0.29) is 6.10 Å². The second-order valence-electron chi connectivity index (χ2n) is 5.01. The van der Waals surface area contributed by atoms with Crippen LogP contribution in [0, 0.1) is 5.92 Å². The van der Waals surface area contributed by atoms with Gasteiger partial charge in [0.1, 0.15) is 12.4 Å². The second kappa shape index (κ2) is 6.80. The van der Waals surface area contributed by atoms with Crippen LogP contribution in [-0.4, -0.2) is 42.4 Å². The van der Waals surface area contributed by atoms with Crippen LogP contribution in [0.4, 0.5) is 0 Å². The number of rotatable bonds is 5. The van der Waals surface area contributed by atoms with Crippen LogP contribution in [0.15, 0.2) is 18.2 Å². The van der Waals surface area contributed by atoms with E-state index in [1.54, 1.807) is 18.2 Å². The van der Waals surface area contributed by atoms with Crippen LogP contribution in [0.3, 0.4) is 0 Å². The predicted octanol–water partition coefficient (Wildman–Crippen LogP) is 3.07. The van der Waals surface area contributed by atoms with Gasteiger partial charge in [0.15, 0.2) is 0 Å². The lowest BCUT2D eigenvalue weighted by Gasteiger charge is -2.17. The van der Waals surface area contributed by atoms with E-state index in [0.29, 0.717) is 28.3 Å². The van der Waals surface area contributed by atoms with E-state index in [0.717, 1.165) is 26.1 Å². The summed E-state index contributed by atoms with van der Waals surface area (Å²) in [6.45, 7) is 5.26. The monoisotopic (exact) mass is 303 g/mol. The maximum Gasteiger partial charge on any atom is 0.138 e. The summed E-state index contributed by atoms with van der Waals surface area (Å²) < 4.78 is 5.65. The van der Waals surface area contributed by atoms with Crippen LogP contribution < -0.4 is 4.74 Å². The molecule has 0 bridgehead atoms. The van der Waals surface area contributed by atoms with Crippen molar-refractivity contribution in [1.29, 1.82) is 0 Å². The van der Waals surface area contributed by atoms with Gasteiger partial charge < -0.3 is 9.84 Å². The summed E-state index contributed by atoms with van der Waals surface area (Å²) in [6, 6.07) is 5.23. The highest BCUT2D eigenvalue weighted by atomic mass is 35.5. The third-order valence-corrected chi connectivity index (χ3v) is 4.08. The summed E-state index contributed by atoms with van der Waals surface area (Å²) in [7, 11) is 0. The van der Waals surface area contributed by atoms with E-state index in [4.69, 9.17) is 27.9 Å². The highest BCUT2D eigenvalue weighted by Gasteiger charge is 2.25. The molecule has 0 spiro atoms. The van der Waals surface area contributed by atoms with Gasteiger partial charge in [-0.15, -0.1) is 0 Å². The largest absolute Gasteiger partial charge is 0.491 e. The Balaban J connectivity index is 1.75. The summed E-state index contributed by atoms with van der Waals surface area (Å²) in [5, 5.41) is 10.7. The van der Waals surface area contributed by atoms with Crippen LogP contribution >= 0.6 is 23.2 Å². The zero-order valence-electron chi connectivity index (χ0n) is 11.0. The fraction of sp³-hybridized carbons (Fsp3) is 0.571. The highest BCUT2D eigenvalue weighted by molar-refractivity contribution is 6.35. The topological polar surface area (TPSA) is 32.7 Å². The Morgan fingerprint density at radius 1 is 1.47 bits per heavy atom. The van der Waals surface area contributed by atoms with Gasteiger partial charge in [0.2, 0.25) is 0 Å². The van der Waals surface area contributed by atoms with Crippen molar-refractivity contribution in [2.45, 2.75) is 19.4 Å². The zero-order chi connectivity index (χ0) is 13.8. The molecule has 0 amide bonds. The van der Waals surface area contributed by atoms with Gasteiger partial charge >= 0.3 is 0 Å². The molecule has 1 aromatic carbocycles. The average Bonchev–Trinajstić information content (AvgIpc) is 2.81. The minimum Gasteiger partial charge on any atom is -0.491 e. The number of aliphatic hydroxyl groups is 1. The summed E-state index contributed by atoms with van der Waals surface area (Å²) in [5.41, 5.74) is 0. The number of hydrogen-bond donors (Lipinski definition) is 1. The first kappa shape index (κ1) is 14.9. The van der Waals surface area contributed by atoms with E-state index in [9.17, 15) is 5.11 Å². The minimum atomic E-state index is -0.225. The molecule has 2 rings (SSSR count). The lowest BCUT2D eigenvalue weighted by Crippen LogP contribution is -2.28. The zero-order valence-corrected chi connectivity index (χ0v) is 12.5. The molecule has 1 aliphatic rings. The lowest BCUT2D eigenvalue weighted by molar-refractivity contribution is 0.125. The Morgan fingerprint density at radius 2 is 2.26 bits per heavy atom. The van der Waals surface area contributed by atoms with Crippen LogP contribution in [-0.2, 0) is 0 Å². The van der Waals surface area contributed by atoms with Crippen molar-refractivity contribution in [3.05, 3.63) is 28.2 Å². The Bertz CT molecular complexity index is 426. The number of halogens is 2. The number of hydrogen-bond acceptors (Lipinski definition) is 3. The SMILES string of the molecule is CC(O)C1CCN(CCOc2ccc(Cl)cc2Cl)C1. The Kier molecular flexibility index (Phi) is 5.34. The van der Waals surface area contributed by atoms with E-state index < -0.39 is 0 Å². The molecule has 0 aromatic heterocycles. The molecular weight excluding hydrogens is 285 g/mol. The standard InChI is InChI=1S/C14H19Cl2NO2/c1-10(18)11-4-5-17(9-11)6-7-19-14-3-2-12(15)8-13(14)16/h2-3,8,10-11,18H,4-7,9H2,1H3. The van der Waals surface area contributed by atoms with Crippen molar-refractivity contribution >= 4 is 23.2 Å². The fourth-order valence-corrected chi connectivity index (χ4v) is 2.80. The Labute approximate surface area is 124 Å². The summed E-state index contributed by atoms with van der Waals surface area (Å²) in [5.74, 6) is 1.05. The number of benzene rings is 1. The van der Waals surface area contributed by atoms with Crippen molar-refractivity contribution in [1.82, 2.24) is 4.90 Å². The van der Waals surface area contributed by atoms with Crippen LogP contribution in [0.2, 0.25) is 10.0 Å².